The lowest BCUT2D eigenvalue weighted by Gasteiger charge is -2.33. The van der Waals surface area contributed by atoms with E-state index < -0.39 is 16.1 Å². The third-order valence-corrected chi connectivity index (χ3v) is 9.13. The maximum absolute atomic E-state index is 13.3. The van der Waals surface area contributed by atoms with Crippen LogP contribution in [0.4, 0.5) is 0 Å². The highest BCUT2D eigenvalue weighted by Crippen LogP contribution is 2.28. The van der Waals surface area contributed by atoms with Gasteiger partial charge in [-0.15, -0.1) is 0 Å². The molecule has 4 rings (SSSR count). The summed E-state index contributed by atoms with van der Waals surface area (Å²) in [5.41, 5.74) is 5.65. The average Bonchev–Trinajstić information content (AvgIpc) is 2.90. The number of hydrogen-bond acceptors (Lipinski definition) is 4. The summed E-state index contributed by atoms with van der Waals surface area (Å²) in [6.07, 6.45) is 9.14. The van der Waals surface area contributed by atoms with Gasteiger partial charge in [0.2, 0.25) is 15.9 Å². The number of piperidine rings is 1. The van der Waals surface area contributed by atoms with Crippen LogP contribution in [0.3, 0.4) is 0 Å². The number of nitrogens with two attached hydrogens (primary N) is 1. The first-order valence-corrected chi connectivity index (χ1v) is 14.7. The Morgan fingerprint density at radius 2 is 1.75 bits per heavy atom. The van der Waals surface area contributed by atoms with E-state index >= 15 is 0 Å². The molecule has 1 heterocycles. The summed E-state index contributed by atoms with van der Waals surface area (Å²) >= 11 is 0. The van der Waals surface area contributed by atoms with Crippen LogP contribution in [-0.4, -0.2) is 50.9 Å². The molecule has 2 atom stereocenters. The predicted molar refractivity (Wildman–Crippen MR) is 143 cm³/mol. The van der Waals surface area contributed by atoms with E-state index in [1.807, 2.05) is 29.2 Å². The van der Waals surface area contributed by atoms with E-state index in [1.54, 1.807) is 18.2 Å². The molecule has 5 N–H and O–H groups in total. The van der Waals surface area contributed by atoms with Crippen LogP contribution in [0, 0.1) is 17.2 Å². The molecule has 1 aliphatic carbocycles. The van der Waals surface area contributed by atoms with E-state index in [0.29, 0.717) is 25.4 Å². The normalized spacial score (nSPS) is 20.2. The SMILES string of the molecule is N=C(N)N1CCCC(CNC(=O)[C@@H](CCC2CCCCC2)NS(=O)(=O)c2ccc3ccccc3c2)C1. The van der Waals surface area contributed by atoms with Gasteiger partial charge < -0.3 is 16.0 Å². The summed E-state index contributed by atoms with van der Waals surface area (Å²) in [6.45, 7) is 1.83. The van der Waals surface area contributed by atoms with E-state index in [9.17, 15) is 13.2 Å². The van der Waals surface area contributed by atoms with Crippen molar-refractivity contribution < 1.29 is 13.2 Å². The minimum Gasteiger partial charge on any atom is -0.370 e. The molecule has 2 aliphatic rings. The summed E-state index contributed by atoms with van der Waals surface area (Å²) in [5, 5.41) is 12.5. The van der Waals surface area contributed by atoms with Gasteiger partial charge in [0.05, 0.1) is 4.90 Å². The molecule has 1 amide bonds. The number of sulfonamides is 1. The van der Waals surface area contributed by atoms with E-state index in [4.69, 9.17) is 11.1 Å². The van der Waals surface area contributed by atoms with Crippen LogP contribution < -0.4 is 15.8 Å². The van der Waals surface area contributed by atoms with Crippen molar-refractivity contribution in [1.82, 2.24) is 14.9 Å². The predicted octanol–water partition coefficient (Wildman–Crippen LogP) is 3.57. The molecule has 0 aromatic heterocycles. The Morgan fingerprint density at radius 1 is 1.03 bits per heavy atom. The van der Waals surface area contributed by atoms with Gasteiger partial charge in [0.15, 0.2) is 5.96 Å². The summed E-state index contributed by atoms with van der Waals surface area (Å²) in [6, 6.07) is 11.9. The third kappa shape index (κ3) is 6.97. The lowest BCUT2D eigenvalue weighted by molar-refractivity contribution is -0.123. The first kappa shape index (κ1) is 26.4. The molecule has 2 aromatic rings. The Hall–Kier alpha value is -2.65. The maximum Gasteiger partial charge on any atom is 0.241 e. The molecule has 8 nitrogen and oxygen atoms in total. The molecule has 36 heavy (non-hydrogen) atoms. The lowest BCUT2D eigenvalue weighted by atomic mass is 9.85. The van der Waals surface area contributed by atoms with Crippen molar-refractivity contribution in [2.75, 3.05) is 19.6 Å². The number of likely N-dealkylation sites (tertiary alicyclic amines) is 1. The Kier molecular flexibility index (Phi) is 8.85. The molecule has 1 saturated carbocycles. The Balaban J connectivity index is 1.44. The number of nitrogens with zero attached hydrogens (tertiary/aromatic N) is 1. The zero-order valence-corrected chi connectivity index (χ0v) is 21.7. The molecule has 1 saturated heterocycles. The van der Waals surface area contributed by atoms with Crippen molar-refractivity contribution in [2.45, 2.75) is 68.7 Å². The van der Waals surface area contributed by atoms with Crippen LogP contribution in [0.15, 0.2) is 47.4 Å². The molecule has 2 aromatic carbocycles. The zero-order chi connectivity index (χ0) is 25.5. The molecule has 2 fully saturated rings. The van der Waals surface area contributed by atoms with Gasteiger partial charge in [0.1, 0.15) is 6.04 Å². The largest absolute Gasteiger partial charge is 0.370 e. The summed E-state index contributed by atoms with van der Waals surface area (Å²) in [7, 11) is -3.88. The highest BCUT2D eigenvalue weighted by Gasteiger charge is 2.28. The van der Waals surface area contributed by atoms with Crippen LogP contribution in [0.25, 0.3) is 10.8 Å². The molecule has 9 heteroatoms. The molecule has 0 spiro atoms. The van der Waals surface area contributed by atoms with Crippen LogP contribution in [0.1, 0.15) is 57.8 Å². The van der Waals surface area contributed by atoms with Crippen molar-refractivity contribution in [2.24, 2.45) is 17.6 Å². The number of carbonyl (C=O) groups is 1. The molecular formula is C27H39N5O3S. The van der Waals surface area contributed by atoms with Crippen LogP contribution in [0.2, 0.25) is 0 Å². The second kappa shape index (κ2) is 12.1. The molecule has 1 unspecified atom stereocenters. The summed E-state index contributed by atoms with van der Waals surface area (Å²) in [5.74, 6) is 0.499. The molecule has 0 radical (unpaired) electrons. The molecular weight excluding hydrogens is 474 g/mol. The second-order valence-corrected chi connectivity index (χ2v) is 12.1. The van der Waals surface area contributed by atoms with Gasteiger partial charge in [-0.3, -0.25) is 10.2 Å². The number of amides is 1. The fraction of sp³-hybridized carbons (Fsp3) is 0.556. The minimum atomic E-state index is -3.88. The van der Waals surface area contributed by atoms with Crippen LogP contribution in [0.5, 0.6) is 0 Å². The van der Waals surface area contributed by atoms with Crippen LogP contribution in [-0.2, 0) is 14.8 Å². The Labute approximate surface area is 214 Å². The summed E-state index contributed by atoms with van der Waals surface area (Å²) in [4.78, 5) is 15.3. The monoisotopic (exact) mass is 513 g/mol. The van der Waals surface area contributed by atoms with Gasteiger partial charge in [-0.2, -0.15) is 4.72 Å². The number of guanidine groups is 1. The number of fused-ring (bicyclic) bond motifs is 1. The number of hydrogen-bond donors (Lipinski definition) is 4. The zero-order valence-electron chi connectivity index (χ0n) is 20.9. The second-order valence-electron chi connectivity index (χ2n) is 10.3. The smallest absolute Gasteiger partial charge is 0.241 e. The van der Waals surface area contributed by atoms with Gasteiger partial charge in [0, 0.05) is 19.6 Å². The van der Waals surface area contributed by atoms with Gasteiger partial charge in [-0.1, -0.05) is 62.4 Å². The van der Waals surface area contributed by atoms with Crippen molar-refractivity contribution in [3.05, 3.63) is 42.5 Å². The summed E-state index contributed by atoms with van der Waals surface area (Å²) < 4.78 is 29.4. The van der Waals surface area contributed by atoms with Gasteiger partial charge in [-0.25, -0.2) is 8.42 Å². The molecule has 1 aliphatic heterocycles. The standard InChI is InChI=1S/C27H39N5O3S/c28-27(29)32-16-6-9-21(19-32)18-30-26(33)25(15-12-20-7-2-1-3-8-20)31-36(34,35)24-14-13-22-10-4-5-11-23(22)17-24/h4-5,10-11,13-14,17,20-21,25,31H,1-3,6-9,12,15-16,18-19H2,(H3,28,29)(H,30,33)/t21?,25-/m1/s1. The number of benzene rings is 2. The maximum atomic E-state index is 13.3. The van der Waals surface area contributed by atoms with Gasteiger partial charge in [-0.05, 0) is 60.4 Å². The third-order valence-electron chi connectivity index (χ3n) is 7.66. The lowest BCUT2D eigenvalue weighted by Crippen LogP contribution is -2.50. The van der Waals surface area contributed by atoms with Crippen molar-refractivity contribution in [1.29, 1.82) is 5.41 Å². The number of rotatable bonds is 9. The highest BCUT2D eigenvalue weighted by atomic mass is 32.2. The Bertz CT molecular complexity index is 1160. The first-order valence-electron chi connectivity index (χ1n) is 13.2. The van der Waals surface area contributed by atoms with E-state index in [1.165, 1.54) is 19.3 Å². The average molecular weight is 514 g/mol. The minimum absolute atomic E-state index is 0.0551. The van der Waals surface area contributed by atoms with Crippen molar-refractivity contribution >= 4 is 32.7 Å². The van der Waals surface area contributed by atoms with E-state index in [2.05, 4.69) is 10.0 Å². The topological polar surface area (TPSA) is 128 Å². The molecule has 196 valence electrons. The van der Waals surface area contributed by atoms with E-state index in [-0.39, 0.29) is 22.7 Å². The number of carbonyl (C=O) groups excluding carboxylic acids is 1. The van der Waals surface area contributed by atoms with Crippen LogP contribution >= 0.6 is 0 Å². The van der Waals surface area contributed by atoms with Gasteiger partial charge >= 0.3 is 0 Å². The number of nitrogens with one attached hydrogen (secondary N) is 3. The van der Waals surface area contributed by atoms with Gasteiger partial charge in [0.25, 0.3) is 0 Å². The Morgan fingerprint density at radius 3 is 2.50 bits per heavy atom. The molecule has 0 bridgehead atoms. The highest BCUT2D eigenvalue weighted by molar-refractivity contribution is 7.89. The van der Waals surface area contributed by atoms with Crippen molar-refractivity contribution in [3.8, 4) is 0 Å². The fourth-order valence-corrected chi connectivity index (χ4v) is 6.80. The van der Waals surface area contributed by atoms with E-state index in [0.717, 1.165) is 49.4 Å². The fourth-order valence-electron chi connectivity index (χ4n) is 5.53. The first-order chi connectivity index (χ1) is 17.3. The van der Waals surface area contributed by atoms with Crippen molar-refractivity contribution in [3.63, 3.8) is 0 Å². The quantitative estimate of drug-likeness (QED) is 0.301.